The van der Waals surface area contributed by atoms with Gasteiger partial charge in [0.1, 0.15) is 0 Å². The van der Waals surface area contributed by atoms with E-state index >= 15 is 0 Å². The molecule has 2 aromatic heterocycles. The van der Waals surface area contributed by atoms with E-state index in [1.54, 1.807) is 0 Å². The molecule has 0 spiro atoms. The van der Waals surface area contributed by atoms with Crippen molar-refractivity contribution < 1.29 is 4.52 Å². The molecule has 0 radical (unpaired) electrons. The average molecular weight is 335 g/mol. The molecule has 25 heavy (non-hydrogen) atoms. The van der Waals surface area contributed by atoms with Gasteiger partial charge in [-0.1, -0.05) is 48.7 Å². The minimum atomic E-state index is 0.596. The number of para-hydroxylation sites is 1. The summed E-state index contributed by atoms with van der Waals surface area (Å²) < 4.78 is 5.61. The maximum absolute atomic E-state index is 5.61. The van der Waals surface area contributed by atoms with E-state index in [1.807, 2.05) is 12.3 Å². The summed E-state index contributed by atoms with van der Waals surface area (Å²) in [5.41, 5.74) is 3.47. The Hall–Kier alpha value is -2.20. The fourth-order valence-corrected chi connectivity index (χ4v) is 3.90. The van der Waals surface area contributed by atoms with Crippen LogP contribution in [0.2, 0.25) is 0 Å². The fraction of sp³-hybridized carbons (Fsp3) is 0.429. The van der Waals surface area contributed by atoms with Gasteiger partial charge < -0.3 is 4.52 Å². The zero-order valence-corrected chi connectivity index (χ0v) is 14.8. The Morgan fingerprint density at radius 2 is 1.92 bits per heavy atom. The Morgan fingerprint density at radius 1 is 1.08 bits per heavy atom. The molecule has 130 valence electrons. The molecule has 1 aliphatic carbocycles. The quantitative estimate of drug-likeness (QED) is 0.665. The van der Waals surface area contributed by atoms with Crippen molar-refractivity contribution in [3.63, 3.8) is 0 Å². The summed E-state index contributed by atoms with van der Waals surface area (Å²) in [4.78, 5) is 6.80. The number of rotatable bonds is 5. The van der Waals surface area contributed by atoms with Crippen molar-refractivity contribution in [2.45, 2.75) is 51.1 Å². The molecule has 2 heterocycles. The van der Waals surface area contributed by atoms with Crippen LogP contribution in [0.4, 0.5) is 0 Å². The van der Waals surface area contributed by atoms with Gasteiger partial charge in [-0.05, 0) is 31.5 Å². The molecule has 0 bridgehead atoms. The Labute approximate surface area is 148 Å². The third-order valence-electron chi connectivity index (χ3n) is 5.18. The molecular weight excluding hydrogens is 310 g/mol. The Kier molecular flexibility index (Phi) is 4.79. The predicted molar refractivity (Wildman–Crippen MR) is 99.2 cm³/mol. The van der Waals surface area contributed by atoms with Gasteiger partial charge in [0.25, 0.3) is 0 Å². The van der Waals surface area contributed by atoms with Crippen LogP contribution >= 0.6 is 0 Å². The van der Waals surface area contributed by atoms with Crippen LogP contribution in [0.15, 0.2) is 47.1 Å². The normalized spacial score (nSPS) is 15.9. The summed E-state index contributed by atoms with van der Waals surface area (Å²) in [5.74, 6) is 1.55. The van der Waals surface area contributed by atoms with E-state index in [1.165, 1.54) is 43.1 Å². The first-order valence-electron chi connectivity index (χ1n) is 9.26. The predicted octanol–water partition coefficient (Wildman–Crippen LogP) is 4.90. The molecule has 4 nitrogen and oxygen atoms in total. The van der Waals surface area contributed by atoms with Crippen molar-refractivity contribution in [1.82, 2.24) is 15.0 Å². The number of benzene rings is 1. The van der Waals surface area contributed by atoms with Crippen LogP contribution in [-0.2, 0) is 13.1 Å². The van der Waals surface area contributed by atoms with Gasteiger partial charge in [0, 0.05) is 30.1 Å². The lowest BCUT2D eigenvalue weighted by atomic mass is 9.87. The molecule has 0 aliphatic heterocycles. The van der Waals surface area contributed by atoms with Gasteiger partial charge in [0.05, 0.1) is 17.8 Å². The van der Waals surface area contributed by atoms with Crippen molar-refractivity contribution in [3.05, 3.63) is 59.6 Å². The first-order valence-corrected chi connectivity index (χ1v) is 9.26. The molecule has 3 aromatic rings. The van der Waals surface area contributed by atoms with Crippen molar-refractivity contribution in [2.24, 2.45) is 0 Å². The molecule has 1 aliphatic rings. The zero-order chi connectivity index (χ0) is 17.1. The van der Waals surface area contributed by atoms with E-state index in [-0.39, 0.29) is 0 Å². The van der Waals surface area contributed by atoms with E-state index < -0.39 is 0 Å². The average Bonchev–Trinajstić information content (AvgIpc) is 3.11. The summed E-state index contributed by atoms with van der Waals surface area (Å²) in [7, 11) is 2.12. The maximum Gasteiger partial charge on any atom is 0.150 e. The Morgan fingerprint density at radius 3 is 2.80 bits per heavy atom. The third-order valence-corrected chi connectivity index (χ3v) is 5.18. The highest BCUT2D eigenvalue weighted by molar-refractivity contribution is 5.81. The second-order valence-corrected chi connectivity index (χ2v) is 7.22. The fourth-order valence-electron chi connectivity index (χ4n) is 3.90. The molecule has 1 fully saturated rings. The minimum absolute atomic E-state index is 0.596. The van der Waals surface area contributed by atoms with E-state index in [0.717, 1.165) is 30.1 Å². The highest BCUT2D eigenvalue weighted by Gasteiger charge is 2.19. The summed E-state index contributed by atoms with van der Waals surface area (Å²) in [6.45, 7) is 1.61. The molecule has 0 atom stereocenters. The standard InChI is InChI=1S/C21H25N3O/c1-24(14-18-10-5-9-17-11-6-12-22-21(17)18)15-19-13-20(23-25-19)16-7-3-2-4-8-16/h5-6,9-13,16H,2-4,7-8,14-15H2,1H3. The van der Waals surface area contributed by atoms with Gasteiger partial charge in [-0.15, -0.1) is 0 Å². The largest absolute Gasteiger partial charge is 0.360 e. The SMILES string of the molecule is CN(Cc1cc(C2CCCCC2)no1)Cc1cccc2cccnc12. The van der Waals surface area contributed by atoms with Crippen molar-refractivity contribution in [1.29, 1.82) is 0 Å². The highest BCUT2D eigenvalue weighted by atomic mass is 16.5. The van der Waals surface area contributed by atoms with Crippen LogP contribution in [0.3, 0.4) is 0 Å². The molecule has 0 amide bonds. The lowest BCUT2D eigenvalue weighted by Gasteiger charge is -2.18. The molecule has 4 rings (SSSR count). The second-order valence-electron chi connectivity index (χ2n) is 7.22. The topological polar surface area (TPSA) is 42.2 Å². The van der Waals surface area contributed by atoms with E-state index in [0.29, 0.717) is 5.92 Å². The Bertz CT molecular complexity index is 831. The molecule has 0 saturated heterocycles. The number of aromatic nitrogens is 2. The van der Waals surface area contributed by atoms with Crippen LogP contribution in [0.25, 0.3) is 10.9 Å². The molecule has 4 heteroatoms. The first-order chi connectivity index (χ1) is 12.3. The van der Waals surface area contributed by atoms with Gasteiger partial charge in [-0.2, -0.15) is 0 Å². The third kappa shape index (κ3) is 3.74. The van der Waals surface area contributed by atoms with Crippen molar-refractivity contribution in [2.75, 3.05) is 7.05 Å². The highest BCUT2D eigenvalue weighted by Crippen LogP contribution is 2.32. The minimum Gasteiger partial charge on any atom is -0.360 e. The Balaban J connectivity index is 1.43. The van der Waals surface area contributed by atoms with E-state index in [2.05, 4.69) is 52.4 Å². The number of hydrogen-bond donors (Lipinski definition) is 0. The number of fused-ring (bicyclic) bond motifs is 1. The van der Waals surface area contributed by atoms with Crippen LogP contribution in [-0.4, -0.2) is 22.1 Å². The molecule has 1 saturated carbocycles. The zero-order valence-electron chi connectivity index (χ0n) is 14.8. The van der Waals surface area contributed by atoms with Crippen LogP contribution in [0.1, 0.15) is 55.0 Å². The number of hydrogen-bond acceptors (Lipinski definition) is 4. The van der Waals surface area contributed by atoms with Gasteiger partial charge >= 0.3 is 0 Å². The van der Waals surface area contributed by atoms with Crippen LogP contribution < -0.4 is 0 Å². The van der Waals surface area contributed by atoms with Crippen LogP contribution in [0, 0.1) is 0 Å². The maximum atomic E-state index is 5.61. The van der Waals surface area contributed by atoms with Crippen molar-refractivity contribution >= 4 is 10.9 Å². The van der Waals surface area contributed by atoms with Gasteiger partial charge in [-0.25, -0.2) is 0 Å². The van der Waals surface area contributed by atoms with Gasteiger partial charge in [0.2, 0.25) is 0 Å². The van der Waals surface area contributed by atoms with Gasteiger partial charge in [-0.3, -0.25) is 9.88 Å². The van der Waals surface area contributed by atoms with Crippen molar-refractivity contribution in [3.8, 4) is 0 Å². The molecular formula is C21H25N3O. The molecule has 1 aromatic carbocycles. The molecule has 0 N–H and O–H groups in total. The van der Waals surface area contributed by atoms with Crippen LogP contribution in [0.5, 0.6) is 0 Å². The molecule has 0 unspecified atom stereocenters. The number of pyridine rings is 1. The second kappa shape index (κ2) is 7.36. The summed E-state index contributed by atoms with van der Waals surface area (Å²) >= 11 is 0. The van der Waals surface area contributed by atoms with Gasteiger partial charge in [0.15, 0.2) is 5.76 Å². The lowest BCUT2D eigenvalue weighted by molar-refractivity contribution is 0.265. The number of nitrogens with zero attached hydrogens (tertiary/aromatic N) is 3. The van der Waals surface area contributed by atoms with E-state index in [9.17, 15) is 0 Å². The smallest absolute Gasteiger partial charge is 0.150 e. The first kappa shape index (κ1) is 16.3. The summed E-state index contributed by atoms with van der Waals surface area (Å²) in [5, 5.41) is 5.52. The summed E-state index contributed by atoms with van der Waals surface area (Å²) in [6, 6.07) is 12.6. The summed E-state index contributed by atoms with van der Waals surface area (Å²) in [6.07, 6.45) is 8.37. The lowest BCUT2D eigenvalue weighted by Crippen LogP contribution is -2.17. The monoisotopic (exact) mass is 335 g/mol. The van der Waals surface area contributed by atoms with E-state index in [4.69, 9.17) is 4.52 Å².